The van der Waals surface area contributed by atoms with Gasteiger partial charge in [-0.05, 0) is 35.0 Å². The highest BCUT2D eigenvalue weighted by atomic mass is 79.9. The van der Waals surface area contributed by atoms with Gasteiger partial charge in [0.05, 0.1) is 27.3 Å². The molecule has 6 heteroatoms. The van der Waals surface area contributed by atoms with Crippen molar-refractivity contribution in [1.82, 2.24) is 4.98 Å². The largest absolute Gasteiger partial charge is 0.376 e. The third kappa shape index (κ3) is 2.94. The zero-order chi connectivity index (χ0) is 12.4. The van der Waals surface area contributed by atoms with Crippen molar-refractivity contribution in [2.24, 2.45) is 0 Å². The molecule has 0 spiro atoms. The van der Waals surface area contributed by atoms with Gasteiger partial charge in [-0.2, -0.15) is 0 Å². The molecule has 1 N–H and O–H groups in total. The molecular formula is C11H9BrCl2N2S. The summed E-state index contributed by atoms with van der Waals surface area (Å²) in [6.07, 6.45) is 1.84. The van der Waals surface area contributed by atoms with Crippen molar-refractivity contribution in [3.05, 3.63) is 43.2 Å². The van der Waals surface area contributed by atoms with E-state index in [1.165, 1.54) is 0 Å². The van der Waals surface area contributed by atoms with E-state index in [9.17, 15) is 0 Å². The third-order valence-electron chi connectivity index (χ3n) is 2.29. The van der Waals surface area contributed by atoms with E-state index in [1.807, 2.05) is 23.8 Å². The van der Waals surface area contributed by atoms with E-state index in [2.05, 4.69) is 33.2 Å². The number of nitrogens with one attached hydrogen (secondary N) is 1. The first kappa shape index (κ1) is 13.1. The first-order valence-corrected chi connectivity index (χ1v) is 7.31. The van der Waals surface area contributed by atoms with Crippen molar-refractivity contribution in [2.45, 2.75) is 13.0 Å². The van der Waals surface area contributed by atoms with E-state index in [4.69, 9.17) is 23.2 Å². The van der Waals surface area contributed by atoms with Crippen molar-refractivity contribution < 1.29 is 0 Å². The smallest absolute Gasteiger partial charge is 0.0835 e. The van der Waals surface area contributed by atoms with E-state index in [0.717, 1.165) is 15.0 Å². The van der Waals surface area contributed by atoms with Crippen molar-refractivity contribution in [2.75, 3.05) is 5.32 Å². The van der Waals surface area contributed by atoms with Crippen LogP contribution in [-0.2, 0) is 0 Å². The van der Waals surface area contributed by atoms with Crippen LogP contribution in [0.5, 0.6) is 0 Å². The molecule has 0 saturated carbocycles. The van der Waals surface area contributed by atoms with E-state index in [0.29, 0.717) is 10.0 Å². The minimum atomic E-state index is 0.150. The summed E-state index contributed by atoms with van der Waals surface area (Å²) in [7, 11) is 0. The van der Waals surface area contributed by atoms with Crippen LogP contribution in [0.15, 0.2) is 28.3 Å². The summed E-state index contributed by atoms with van der Waals surface area (Å²) in [5.41, 5.74) is 2.63. The summed E-state index contributed by atoms with van der Waals surface area (Å²) in [5, 5.41) is 4.36. The number of halogens is 3. The molecule has 0 amide bonds. The van der Waals surface area contributed by atoms with Crippen LogP contribution in [-0.4, -0.2) is 4.98 Å². The maximum atomic E-state index is 6.17. The van der Waals surface area contributed by atoms with Gasteiger partial charge in [0.25, 0.3) is 0 Å². The second-order valence-electron chi connectivity index (χ2n) is 3.49. The molecule has 0 bridgehead atoms. The number of anilines is 1. The minimum Gasteiger partial charge on any atom is -0.376 e. The lowest BCUT2D eigenvalue weighted by Gasteiger charge is -2.15. The molecule has 1 heterocycles. The predicted molar refractivity (Wildman–Crippen MR) is 78.3 cm³/mol. The lowest BCUT2D eigenvalue weighted by molar-refractivity contribution is 0.903. The van der Waals surface area contributed by atoms with E-state index in [1.54, 1.807) is 11.3 Å². The summed E-state index contributed by atoms with van der Waals surface area (Å²) in [6.45, 7) is 2.06. The van der Waals surface area contributed by atoms with Crippen molar-refractivity contribution >= 4 is 56.2 Å². The molecule has 0 fully saturated rings. The van der Waals surface area contributed by atoms with Crippen LogP contribution < -0.4 is 5.32 Å². The molecule has 0 aliphatic carbocycles. The highest BCUT2D eigenvalue weighted by Crippen LogP contribution is 2.37. The number of benzene rings is 1. The fourth-order valence-corrected chi connectivity index (χ4v) is 2.84. The Morgan fingerprint density at radius 2 is 2.12 bits per heavy atom. The highest BCUT2D eigenvalue weighted by molar-refractivity contribution is 9.10. The molecule has 17 heavy (non-hydrogen) atoms. The summed E-state index contributed by atoms with van der Waals surface area (Å²) in [5.74, 6) is 0. The predicted octanol–water partition coefficient (Wildman–Crippen LogP) is 5.39. The highest BCUT2D eigenvalue weighted by Gasteiger charge is 2.12. The van der Waals surface area contributed by atoms with Gasteiger partial charge >= 0.3 is 0 Å². The average Bonchev–Trinajstić information content (AvgIpc) is 2.83. The average molecular weight is 352 g/mol. The van der Waals surface area contributed by atoms with Gasteiger partial charge in [0.1, 0.15) is 0 Å². The Balaban J connectivity index is 2.22. The van der Waals surface area contributed by atoms with Gasteiger partial charge < -0.3 is 5.32 Å². The standard InChI is InChI=1S/C11H9BrCl2N2S/c1-6(9-4-15-5-17-9)16-8-3-2-7(12)10(13)11(8)14/h2-6,16H,1H3. The molecule has 0 saturated heterocycles. The minimum absolute atomic E-state index is 0.150. The quantitative estimate of drug-likeness (QED) is 0.750. The summed E-state index contributed by atoms with van der Waals surface area (Å²) < 4.78 is 0.792. The molecule has 0 radical (unpaired) electrons. The number of rotatable bonds is 3. The molecule has 1 aromatic carbocycles. The van der Waals surface area contributed by atoms with Gasteiger partial charge in [-0.25, -0.2) is 0 Å². The van der Waals surface area contributed by atoms with Gasteiger partial charge in [0.15, 0.2) is 0 Å². The van der Waals surface area contributed by atoms with Crippen LogP contribution in [0.25, 0.3) is 0 Å². The van der Waals surface area contributed by atoms with Crippen LogP contribution in [0.4, 0.5) is 5.69 Å². The van der Waals surface area contributed by atoms with Gasteiger partial charge in [-0.3, -0.25) is 4.98 Å². The molecule has 2 nitrogen and oxygen atoms in total. The second-order valence-corrected chi connectivity index (χ2v) is 6.02. The number of nitrogens with zero attached hydrogens (tertiary/aromatic N) is 1. The maximum Gasteiger partial charge on any atom is 0.0835 e. The van der Waals surface area contributed by atoms with Crippen LogP contribution in [0.1, 0.15) is 17.8 Å². The van der Waals surface area contributed by atoms with E-state index >= 15 is 0 Å². The first-order valence-electron chi connectivity index (χ1n) is 4.88. The molecule has 90 valence electrons. The lowest BCUT2D eigenvalue weighted by Crippen LogP contribution is -2.05. The SMILES string of the molecule is CC(Nc1ccc(Br)c(Cl)c1Cl)c1cncs1. The van der Waals surface area contributed by atoms with Gasteiger partial charge in [0.2, 0.25) is 0 Å². The number of aromatic nitrogens is 1. The van der Waals surface area contributed by atoms with Gasteiger partial charge in [-0.1, -0.05) is 23.2 Å². The Bertz CT molecular complexity index is 516. The first-order chi connectivity index (χ1) is 8.09. The molecule has 2 aromatic rings. The fourth-order valence-electron chi connectivity index (χ4n) is 1.38. The lowest BCUT2D eigenvalue weighted by atomic mass is 10.2. The van der Waals surface area contributed by atoms with E-state index < -0.39 is 0 Å². The van der Waals surface area contributed by atoms with Crippen LogP contribution in [0.3, 0.4) is 0 Å². The zero-order valence-corrected chi connectivity index (χ0v) is 12.8. The Kier molecular flexibility index (Phi) is 4.31. The molecule has 1 aromatic heterocycles. The maximum absolute atomic E-state index is 6.17. The summed E-state index contributed by atoms with van der Waals surface area (Å²) >= 11 is 17.2. The Morgan fingerprint density at radius 1 is 1.35 bits per heavy atom. The Morgan fingerprint density at radius 3 is 2.76 bits per heavy atom. The molecule has 0 aliphatic heterocycles. The van der Waals surface area contributed by atoms with Crippen LogP contribution in [0, 0.1) is 0 Å². The van der Waals surface area contributed by atoms with E-state index in [-0.39, 0.29) is 6.04 Å². The fraction of sp³-hybridized carbons (Fsp3) is 0.182. The molecule has 1 unspecified atom stereocenters. The number of hydrogen-bond acceptors (Lipinski definition) is 3. The Labute approximate surface area is 122 Å². The zero-order valence-electron chi connectivity index (χ0n) is 8.88. The van der Waals surface area contributed by atoms with Crippen molar-refractivity contribution in [3.8, 4) is 0 Å². The summed E-state index contributed by atoms with van der Waals surface area (Å²) in [4.78, 5) is 5.20. The monoisotopic (exact) mass is 350 g/mol. The normalized spacial score (nSPS) is 12.5. The Hall–Kier alpha value is -0.290. The topological polar surface area (TPSA) is 24.9 Å². The molecule has 0 aliphatic rings. The van der Waals surface area contributed by atoms with Crippen molar-refractivity contribution in [3.63, 3.8) is 0 Å². The third-order valence-corrected chi connectivity index (χ3v) is 5.01. The number of hydrogen-bond donors (Lipinski definition) is 1. The second kappa shape index (κ2) is 5.57. The summed E-state index contributed by atoms with van der Waals surface area (Å²) in [6, 6.07) is 3.92. The number of thiazole rings is 1. The van der Waals surface area contributed by atoms with Gasteiger partial charge in [-0.15, -0.1) is 11.3 Å². The van der Waals surface area contributed by atoms with Crippen LogP contribution in [0.2, 0.25) is 10.0 Å². The van der Waals surface area contributed by atoms with Gasteiger partial charge in [0, 0.05) is 15.5 Å². The molecule has 2 rings (SSSR count). The molecule has 1 atom stereocenters. The van der Waals surface area contributed by atoms with Crippen molar-refractivity contribution in [1.29, 1.82) is 0 Å². The molecular weight excluding hydrogens is 343 g/mol. The van der Waals surface area contributed by atoms with Crippen LogP contribution >= 0.6 is 50.5 Å².